The summed E-state index contributed by atoms with van der Waals surface area (Å²) >= 11 is 1.72. The van der Waals surface area contributed by atoms with Crippen LogP contribution in [0.15, 0.2) is 10.4 Å². The van der Waals surface area contributed by atoms with Gasteiger partial charge in [-0.1, -0.05) is 26.7 Å². The zero-order chi connectivity index (χ0) is 17.2. The second-order valence-corrected chi connectivity index (χ2v) is 7.73. The summed E-state index contributed by atoms with van der Waals surface area (Å²) in [6.45, 7) is 9.79. The number of rotatable bonds is 7. The molecule has 5 nitrogen and oxygen atoms in total. The largest absolute Gasteiger partial charge is 0.356 e. The molecule has 1 fully saturated rings. The van der Waals surface area contributed by atoms with Gasteiger partial charge in [0.1, 0.15) is 5.01 Å². The van der Waals surface area contributed by atoms with Gasteiger partial charge in [-0.15, -0.1) is 11.3 Å². The fraction of sp³-hybridized carbons (Fsp3) is 0.778. The number of aromatic nitrogens is 1. The number of thiazole rings is 1. The van der Waals surface area contributed by atoms with Crippen molar-refractivity contribution in [2.45, 2.75) is 58.4 Å². The van der Waals surface area contributed by atoms with Crippen LogP contribution in [0.25, 0.3) is 0 Å². The van der Waals surface area contributed by atoms with Gasteiger partial charge in [0.2, 0.25) is 0 Å². The van der Waals surface area contributed by atoms with Crippen LogP contribution in [-0.2, 0) is 6.54 Å². The summed E-state index contributed by atoms with van der Waals surface area (Å²) in [7, 11) is 1.82. The Kier molecular flexibility index (Phi) is 8.53. The molecule has 0 amide bonds. The maximum Gasteiger partial charge on any atom is 0.191 e. The topological polar surface area (TPSA) is 52.6 Å². The molecule has 1 aliphatic rings. The van der Waals surface area contributed by atoms with Crippen molar-refractivity contribution >= 4 is 17.3 Å². The van der Waals surface area contributed by atoms with E-state index in [0.29, 0.717) is 5.92 Å². The average Bonchev–Trinajstić information content (AvgIpc) is 2.91. The lowest BCUT2D eigenvalue weighted by Gasteiger charge is -2.20. The Morgan fingerprint density at radius 2 is 2.00 bits per heavy atom. The van der Waals surface area contributed by atoms with E-state index >= 15 is 0 Å². The molecule has 0 aromatic carbocycles. The highest BCUT2D eigenvalue weighted by atomic mass is 32.1. The summed E-state index contributed by atoms with van der Waals surface area (Å²) in [5, 5.41) is 10.0. The van der Waals surface area contributed by atoms with E-state index in [1.54, 1.807) is 11.3 Å². The Bertz CT molecular complexity index is 489. The molecule has 2 rings (SSSR count). The fourth-order valence-electron chi connectivity index (χ4n) is 2.92. The summed E-state index contributed by atoms with van der Waals surface area (Å²) in [4.78, 5) is 11.6. The van der Waals surface area contributed by atoms with Crippen molar-refractivity contribution in [1.82, 2.24) is 20.5 Å². The number of guanidine groups is 1. The maximum absolute atomic E-state index is 4.65. The molecule has 6 heteroatoms. The van der Waals surface area contributed by atoms with Crippen molar-refractivity contribution in [1.29, 1.82) is 0 Å². The van der Waals surface area contributed by atoms with Gasteiger partial charge in [0.15, 0.2) is 5.96 Å². The Hall–Kier alpha value is -1.14. The monoisotopic (exact) mass is 351 g/mol. The summed E-state index contributed by atoms with van der Waals surface area (Å²) in [5.74, 6) is 1.36. The summed E-state index contributed by atoms with van der Waals surface area (Å²) in [5.41, 5.74) is 1.18. The quantitative estimate of drug-likeness (QED) is 0.450. The highest BCUT2D eigenvalue weighted by molar-refractivity contribution is 7.09. The number of hydrogen-bond acceptors (Lipinski definition) is 4. The van der Waals surface area contributed by atoms with Crippen LogP contribution in [0.3, 0.4) is 0 Å². The van der Waals surface area contributed by atoms with E-state index in [1.807, 2.05) is 7.05 Å². The normalized spacial score (nSPS) is 17.1. The zero-order valence-electron chi connectivity index (χ0n) is 15.5. The second-order valence-electron chi connectivity index (χ2n) is 6.78. The van der Waals surface area contributed by atoms with Crippen molar-refractivity contribution < 1.29 is 0 Å². The SMILES string of the molecule is CN=C(NCCCN1CCCCCC1)NCc1nc(C(C)C)cs1. The lowest BCUT2D eigenvalue weighted by Crippen LogP contribution is -2.38. The van der Waals surface area contributed by atoms with Gasteiger partial charge in [0.25, 0.3) is 0 Å². The standard InChI is InChI=1S/C18H33N5S/c1-15(2)16-14-24-17(22-16)13-21-18(19-3)20-9-8-12-23-10-6-4-5-7-11-23/h14-15H,4-13H2,1-3H3,(H2,19,20,21). The van der Waals surface area contributed by atoms with Crippen molar-refractivity contribution in [2.24, 2.45) is 4.99 Å². The van der Waals surface area contributed by atoms with Crippen LogP contribution in [-0.4, -0.2) is 49.1 Å². The Balaban J connectivity index is 1.63. The molecular formula is C18H33N5S. The van der Waals surface area contributed by atoms with Gasteiger partial charge in [0.05, 0.1) is 12.2 Å². The number of aliphatic imine (C=N–C) groups is 1. The second kappa shape index (κ2) is 10.7. The first-order valence-electron chi connectivity index (χ1n) is 9.30. The number of nitrogens with zero attached hydrogens (tertiary/aromatic N) is 3. The summed E-state index contributed by atoms with van der Waals surface area (Å²) in [6.07, 6.45) is 6.70. The van der Waals surface area contributed by atoms with Crippen molar-refractivity contribution in [3.05, 3.63) is 16.1 Å². The summed E-state index contributed by atoms with van der Waals surface area (Å²) in [6, 6.07) is 0. The van der Waals surface area contributed by atoms with Crippen LogP contribution in [0.4, 0.5) is 0 Å². The molecule has 136 valence electrons. The van der Waals surface area contributed by atoms with Crippen LogP contribution in [0.5, 0.6) is 0 Å². The molecule has 1 aromatic heterocycles. The molecular weight excluding hydrogens is 318 g/mol. The molecule has 0 bridgehead atoms. The lowest BCUT2D eigenvalue weighted by molar-refractivity contribution is 0.282. The smallest absolute Gasteiger partial charge is 0.191 e. The minimum Gasteiger partial charge on any atom is -0.356 e. The highest BCUT2D eigenvalue weighted by Gasteiger charge is 2.09. The molecule has 0 atom stereocenters. The molecule has 0 aliphatic carbocycles. The third-order valence-electron chi connectivity index (χ3n) is 4.43. The van der Waals surface area contributed by atoms with Gasteiger partial charge >= 0.3 is 0 Å². The van der Waals surface area contributed by atoms with Crippen LogP contribution >= 0.6 is 11.3 Å². The van der Waals surface area contributed by atoms with Crippen LogP contribution in [0, 0.1) is 0 Å². The van der Waals surface area contributed by atoms with Crippen LogP contribution in [0.2, 0.25) is 0 Å². The molecule has 2 heterocycles. The molecule has 1 aromatic rings. The predicted molar refractivity (Wildman–Crippen MR) is 104 cm³/mol. The molecule has 1 aliphatic heterocycles. The van der Waals surface area contributed by atoms with E-state index in [0.717, 1.165) is 30.5 Å². The summed E-state index contributed by atoms with van der Waals surface area (Å²) < 4.78 is 0. The maximum atomic E-state index is 4.65. The van der Waals surface area contributed by atoms with Gasteiger partial charge in [-0.2, -0.15) is 0 Å². The van der Waals surface area contributed by atoms with Crippen molar-refractivity contribution in [3.8, 4) is 0 Å². The average molecular weight is 352 g/mol. The number of nitrogens with one attached hydrogen (secondary N) is 2. The Morgan fingerprint density at radius 1 is 1.25 bits per heavy atom. The van der Waals surface area contributed by atoms with Crippen molar-refractivity contribution in [2.75, 3.05) is 33.2 Å². The predicted octanol–water partition coefficient (Wildman–Crippen LogP) is 3.20. The molecule has 2 N–H and O–H groups in total. The minimum atomic E-state index is 0.492. The molecule has 1 saturated heterocycles. The number of hydrogen-bond donors (Lipinski definition) is 2. The van der Waals surface area contributed by atoms with E-state index < -0.39 is 0 Å². The minimum absolute atomic E-state index is 0.492. The van der Waals surface area contributed by atoms with Crippen LogP contribution in [0.1, 0.15) is 62.6 Å². The third kappa shape index (κ3) is 6.77. The highest BCUT2D eigenvalue weighted by Crippen LogP contribution is 2.17. The number of likely N-dealkylation sites (tertiary alicyclic amines) is 1. The van der Waals surface area contributed by atoms with E-state index in [-0.39, 0.29) is 0 Å². The first kappa shape index (κ1) is 19.2. The van der Waals surface area contributed by atoms with E-state index in [9.17, 15) is 0 Å². The first-order chi connectivity index (χ1) is 11.7. The third-order valence-corrected chi connectivity index (χ3v) is 5.30. The van der Waals surface area contributed by atoms with E-state index in [4.69, 9.17) is 0 Å². The van der Waals surface area contributed by atoms with Crippen LogP contribution < -0.4 is 10.6 Å². The van der Waals surface area contributed by atoms with Gasteiger partial charge in [-0.3, -0.25) is 4.99 Å². The molecule has 0 unspecified atom stereocenters. The lowest BCUT2D eigenvalue weighted by atomic mass is 10.2. The van der Waals surface area contributed by atoms with Gasteiger partial charge in [-0.25, -0.2) is 4.98 Å². The van der Waals surface area contributed by atoms with E-state index in [2.05, 4.69) is 44.7 Å². The van der Waals surface area contributed by atoms with Gasteiger partial charge in [-0.05, 0) is 44.8 Å². The van der Waals surface area contributed by atoms with E-state index in [1.165, 1.54) is 51.0 Å². The van der Waals surface area contributed by atoms with Gasteiger partial charge < -0.3 is 15.5 Å². The van der Waals surface area contributed by atoms with Gasteiger partial charge in [0, 0.05) is 19.0 Å². The molecule has 0 saturated carbocycles. The molecule has 0 spiro atoms. The fourth-order valence-corrected chi connectivity index (χ4v) is 3.82. The molecule has 24 heavy (non-hydrogen) atoms. The Morgan fingerprint density at radius 3 is 2.62 bits per heavy atom. The Labute approximate surface area is 151 Å². The molecule has 0 radical (unpaired) electrons. The zero-order valence-corrected chi connectivity index (χ0v) is 16.3. The first-order valence-corrected chi connectivity index (χ1v) is 10.2. The van der Waals surface area contributed by atoms with Crippen molar-refractivity contribution in [3.63, 3.8) is 0 Å².